The second-order valence-corrected chi connectivity index (χ2v) is 4.47. The van der Waals surface area contributed by atoms with Gasteiger partial charge in [0.1, 0.15) is 5.75 Å². The molecule has 0 aliphatic heterocycles. The molecule has 0 aromatic heterocycles. The lowest BCUT2D eigenvalue weighted by Crippen LogP contribution is -2.33. The lowest BCUT2D eigenvalue weighted by atomic mass is 10.2. The maximum Gasteiger partial charge on any atom is 0.226 e. The zero-order chi connectivity index (χ0) is 14.1. The second kappa shape index (κ2) is 8.48. The maximum atomic E-state index is 11.5. The van der Waals surface area contributed by atoms with Gasteiger partial charge in [0, 0.05) is 12.1 Å². The molecular formula is C14H20N2O2S. The summed E-state index contributed by atoms with van der Waals surface area (Å²) >= 11 is 5.07. The molecule has 0 heterocycles. The second-order valence-electron chi connectivity index (χ2n) is 4.06. The van der Waals surface area contributed by atoms with E-state index in [-0.39, 0.29) is 5.91 Å². The highest BCUT2D eigenvalue weighted by atomic mass is 32.1. The summed E-state index contributed by atoms with van der Waals surface area (Å²) in [5.74, 6) is 0.760. The average Bonchev–Trinajstić information content (AvgIpc) is 2.39. The van der Waals surface area contributed by atoms with E-state index in [0.717, 1.165) is 24.3 Å². The first-order valence-corrected chi connectivity index (χ1v) is 6.90. The molecule has 0 aliphatic carbocycles. The van der Waals surface area contributed by atoms with Crippen molar-refractivity contribution in [2.45, 2.75) is 33.1 Å². The molecule has 0 spiro atoms. The summed E-state index contributed by atoms with van der Waals surface area (Å²) in [6.45, 7) is 4.62. The summed E-state index contributed by atoms with van der Waals surface area (Å²) in [7, 11) is 0. The molecule has 4 nitrogen and oxygen atoms in total. The van der Waals surface area contributed by atoms with Gasteiger partial charge in [-0.2, -0.15) is 0 Å². The standard InChI is InChI=1S/C14H20N2O2S/c1-3-5-6-13(17)16-14(19)15-11-7-9-12(10-8-11)18-4-2/h7-10H,3-6H2,1-2H3,(H2,15,16,17,19). The van der Waals surface area contributed by atoms with Gasteiger partial charge in [-0.1, -0.05) is 13.3 Å². The Morgan fingerprint density at radius 3 is 2.53 bits per heavy atom. The molecule has 0 atom stereocenters. The zero-order valence-electron chi connectivity index (χ0n) is 11.4. The number of nitrogens with one attached hydrogen (secondary N) is 2. The predicted molar refractivity (Wildman–Crippen MR) is 81.5 cm³/mol. The molecule has 0 aliphatic rings. The molecule has 0 saturated heterocycles. The Balaban J connectivity index is 2.41. The minimum atomic E-state index is -0.0507. The van der Waals surface area contributed by atoms with Crippen molar-refractivity contribution in [3.63, 3.8) is 0 Å². The van der Waals surface area contributed by atoms with Crippen LogP contribution in [0.25, 0.3) is 0 Å². The fourth-order valence-electron chi connectivity index (χ4n) is 1.49. The van der Waals surface area contributed by atoms with E-state index >= 15 is 0 Å². The third-order valence-corrected chi connectivity index (χ3v) is 2.64. The van der Waals surface area contributed by atoms with Crippen LogP contribution in [0.15, 0.2) is 24.3 Å². The lowest BCUT2D eigenvalue weighted by Gasteiger charge is -2.10. The van der Waals surface area contributed by atoms with Crippen molar-refractivity contribution in [3.8, 4) is 5.75 Å². The quantitative estimate of drug-likeness (QED) is 0.786. The van der Waals surface area contributed by atoms with E-state index in [4.69, 9.17) is 17.0 Å². The number of carbonyl (C=O) groups excluding carboxylic acids is 1. The highest BCUT2D eigenvalue weighted by molar-refractivity contribution is 7.80. The molecule has 5 heteroatoms. The molecule has 2 N–H and O–H groups in total. The first-order chi connectivity index (χ1) is 9.15. The van der Waals surface area contributed by atoms with Crippen LogP contribution in [0.2, 0.25) is 0 Å². The zero-order valence-corrected chi connectivity index (χ0v) is 12.2. The molecule has 1 amide bonds. The Morgan fingerprint density at radius 2 is 1.95 bits per heavy atom. The van der Waals surface area contributed by atoms with Crippen LogP contribution in [-0.4, -0.2) is 17.6 Å². The summed E-state index contributed by atoms with van der Waals surface area (Å²) in [6.07, 6.45) is 2.37. The largest absolute Gasteiger partial charge is 0.494 e. The van der Waals surface area contributed by atoms with Crippen LogP contribution < -0.4 is 15.4 Å². The Labute approximate surface area is 119 Å². The number of benzene rings is 1. The van der Waals surface area contributed by atoms with Crippen molar-refractivity contribution in [2.24, 2.45) is 0 Å². The summed E-state index contributed by atoms with van der Waals surface area (Å²) in [6, 6.07) is 7.42. The molecule has 19 heavy (non-hydrogen) atoms. The van der Waals surface area contributed by atoms with Gasteiger partial charge in [0.25, 0.3) is 0 Å². The SMILES string of the molecule is CCCCC(=O)NC(=S)Nc1ccc(OCC)cc1. The van der Waals surface area contributed by atoms with Crippen LogP contribution in [0.5, 0.6) is 5.75 Å². The molecule has 1 rings (SSSR count). The van der Waals surface area contributed by atoms with Crippen LogP contribution in [0.3, 0.4) is 0 Å². The molecule has 0 bridgehead atoms. The summed E-state index contributed by atoms with van der Waals surface area (Å²) < 4.78 is 5.34. The lowest BCUT2D eigenvalue weighted by molar-refractivity contribution is -0.119. The van der Waals surface area contributed by atoms with Crippen LogP contribution in [0, 0.1) is 0 Å². The van der Waals surface area contributed by atoms with Crippen molar-refractivity contribution in [1.82, 2.24) is 5.32 Å². The van der Waals surface area contributed by atoms with Gasteiger partial charge < -0.3 is 15.4 Å². The molecule has 1 aromatic rings. The molecule has 0 saturated carbocycles. The first kappa shape index (κ1) is 15.4. The van der Waals surface area contributed by atoms with E-state index in [0.29, 0.717) is 18.1 Å². The minimum Gasteiger partial charge on any atom is -0.494 e. The van der Waals surface area contributed by atoms with Crippen molar-refractivity contribution in [2.75, 3.05) is 11.9 Å². The van der Waals surface area contributed by atoms with Gasteiger partial charge in [-0.25, -0.2) is 0 Å². The number of amides is 1. The summed E-state index contributed by atoms with van der Waals surface area (Å²) in [4.78, 5) is 11.5. The number of hydrogen-bond acceptors (Lipinski definition) is 3. The van der Waals surface area contributed by atoms with Crippen molar-refractivity contribution < 1.29 is 9.53 Å². The number of ether oxygens (including phenoxy) is 1. The van der Waals surface area contributed by atoms with E-state index < -0.39 is 0 Å². The van der Waals surface area contributed by atoms with E-state index in [1.807, 2.05) is 38.1 Å². The van der Waals surface area contributed by atoms with Crippen molar-refractivity contribution >= 4 is 28.9 Å². The number of thiocarbonyl (C=S) groups is 1. The number of rotatable bonds is 6. The third kappa shape index (κ3) is 6.20. The summed E-state index contributed by atoms with van der Waals surface area (Å²) in [5.41, 5.74) is 0.823. The van der Waals surface area contributed by atoms with Crippen LogP contribution in [0.4, 0.5) is 5.69 Å². The average molecular weight is 280 g/mol. The molecular weight excluding hydrogens is 260 g/mol. The van der Waals surface area contributed by atoms with Crippen molar-refractivity contribution in [3.05, 3.63) is 24.3 Å². The van der Waals surface area contributed by atoms with Crippen LogP contribution in [-0.2, 0) is 4.79 Å². The predicted octanol–water partition coefficient (Wildman–Crippen LogP) is 3.09. The monoisotopic (exact) mass is 280 g/mol. The number of anilines is 1. The van der Waals surface area contributed by atoms with Gasteiger partial charge in [-0.05, 0) is 49.8 Å². The van der Waals surface area contributed by atoms with Crippen LogP contribution >= 0.6 is 12.2 Å². The fraction of sp³-hybridized carbons (Fsp3) is 0.429. The van der Waals surface area contributed by atoms with Gasteiger partial charge in [0.15, 0.2) is 5.11 Å². The summed E-state index contributed by atoms with van der Waals surface area (Å²) in [5, 5.41) is 5.94. The Kier molecular flexibility index (Phi) is 6.89. The van der Waals surface area contributed by atoms with Gasteiger partial charge in [-0.15, -0.1) is 0 Å². The molecule has 0 radical (unpaired) electrons. The fourth-order valence-corrected chi connectivity index (χ4v) is 1.72. The Morgan fingerprint density at radius 1 is 1.26 bits per heavy atom. The molecule has 0 fully saturated rings. The van der Waals surface area contributed by atoms with Crippen LogP contribution in [0.1, 0.15) is 33.1 Å². The number of carbonyl (C=O) groups is 1. The van der Waals surface area contributed by atoms with E-state index in [9.17, 15) is 4.79 Å². The Bertz CT molecular complexity index is 418. The first-order valence-electron chi connectivity index (χ1n) is 6.49. The molecule has 1 aromatic carbocycles. The van der Waals surface area contributed by atoms with E-state index in [1.165, 1.54) is 0 Å². The smallest absolute Gasteiger partial charge is 0.226 e. The van der Waals surface area contributed by atoms with Gasteiger partial charge in [0.05, 0.1) is 6.61 Å². The van der Waals surface area contributed by atoms with E-state index in [2.05, 4.69) is 10.6 Å². The Hall–Kier alpha value is -1.62. The van der Waals surface area contributed by atoms with Gasteiger partial charge in [0.2, 0.25) is 5.91 Å². The van der Waals surface area contributed by atoms with Gasteiger partial charge in [-0.3, -0.25) is 4.79 Å². The van der Waals surface area contributed by atoms with Crippen molar-refractivity contribution in [1.29, 1.82) is 0 Å². The topological polar surface area (TPSA) is 50.4 Å². The molecule has 104 valence electrons. The number of hydrogen-bond donors (Lipinski definition) is 2. The highest BCUT2D eigenvalue weighted by Gasteiger charge is 2.04. The van der Waals surface area contributed by atoms with Gasteiger partial charge >= 0.3 is 0 Å². The highest BCUT2D eigenvalue weighted by Crippen LogP contribution is 2.15. The normalized spacial score (nSPS) is 9.79. The maximum absolute atomic E-state index is 11.5. The number of unbranched alkanes of at least 4 members (excludes halogenated alkanes) is 1. The van der Waals surface area contributed by atoms with E-state index in [1.54, 1.807) is 0 Å². The molecule has 0 unspecified atom stereocenters. The minimum absolute atomic E-state index is 0.0507. The third-order valence-electron chi connectivity index (χ3n) is 2.43.